The summed E-state index contributed by atoms with van der Waals surface area (Å²) >= 11 is 6.09. The molecule has 9 nitrogen and oxygen atoms in total. The molecule has 2 aliphatic heterocycles. The predicted molar refractivity (Wildman–Crippen MR) is 126 cm³/mol. The lowest BCUT2D eigenvalue weighted by molar-refractivity contribution is -0.129. The number of halogens is 3. The predicted octanol–water partition coefficient (Wildman–Crippen LogP) is 4.08. The van der Waals surface area contributed by atoms with Crippen molar-refractivity contribution in [2.45, 2.75) is 31.3 Å². The minimum absolute atomic E-state index is 0.0442. The smallest absolute Gasteiger partial charge is 0.247 e. The first-order valence-corrected chi connectivity index (χ1v) is 11.6. The van der Waals surface area contributed by atoms with Gasteiger partial charge in [0.25, 0.3) is 0 Å². The molecule has 0 bridgehead atoms. The SMILES string of the molecule is [CH2]c1nccc(-c2cnc([C@@H]3CC[C@@H]4CC(c5c(-n6cnnn6)ccc(Cl)c5F)=CC(=O)N43)[nH]2)c1F. The lowest BCUT2D eigenvalue weighted by Crippen LogP contribution is -2.39. The fraction of sp³-hybridized carbons (Fsp3) is 0.208. The van der Waals surface area contributed by atoms with E-state index in [4.69, 9.17) is 11.6 Å². The number of benzene rings is 1. The summed E-state index contributed by atoms with van der Waals surface area (Å²) in [5, 5.41) is 11.1. The van der Waals surface area contributed by atoms with E-state index in [9.17, 15) is 9.18 Å². The molecule has 1 fully saturated rings. The largest absolute Gasteiger partial charge is 0.340 e. The number of rotatable bonds is 4. The number of aromatic nitrogens is 7. The normalized spacial score (nSPS) is 19.5. The Morgan fingerprint density at radius 3 is 2.81 bits per heavy atom. The third-order valence-corrected chi connectivity index (χ3v) is 6.95. The highest BCUT2D eigenvalue weighted by Crippen LogP contribution is 2.44. The average molecular weight is 508 g/mol. The maximum atomic E-state index is 15.2. The molecule has 2 aliphatic rings. The summed E-state index contributed by atoms with van der Waals surface area (Å²) in [5.74, 6) is -0.867. The molecule has 12 heteroatoms. The van der Waals surface area contributed by atoms with Crippen LogP contribution in [-0.4, -0.2) is 52.0 Å². The number of hydrogen-bond acceptors (Lipinski definition) is 6. The highest BCUT2D eigenvalue weighted by Gasteiger charge is 2.42. The van der Waals surface area contributed by atoms with Gasteiger partial charge in [-0.05, 0) is 60.4 Å². The lowest BCUT2D eigenvalue weighted by Gasteiger charge is -2.33. The van der Waals surface area contributed by atoms with E-state index < -0.39 is 11.6 Å². The zero-order valence-corrected chi connectivity index (χ0v) is 19.5. The Kier molecular flexibility index (Phi) is 5.36. The van der Waals surface area contributed by atoms with Gasteiger partial charge in [0.05, 0.1) is 34.3 Å². The number of fused-ring (bicyclic) bond motifs is 1. The molecule has 1 amide bonds. The summed E-state index contributed by atoms with van der Waals surface area (Å²) in [7, 11) is 0. The second-order valence-corrected chi connectivity index (χ2v) is 9.08. The summed E-state index contributed by atoms with van der Waals surface area (Å²) in [6.45, 7) is 3.59. The van der Waals surface area contributed by atoms with Crippen LogP contribution in [0.25, 0.3) is 22.5 Å². The van der Waals surface area contributed by atoms with Gasteiger partial charge in [0.1, 0.15) is 12.2 Å². The van der Waals surface area contributed by atoms with Crippen LogP contribution in [0.5, 0.6) is 0 Å². The minimum atomic E-state index is -0.633. The van der Waals surface area contributed by atoms with Crippen LogP contribution >= 0.6 is 11.6 Å². The van der Waals surface area contributed by atoms with Crippen molar-refractivity contribution in [3.05, 3.63) is 83.7 Å². The van der Waals surface area contributed by atoms with E-state index in [-0.39, 0.29) is 34.3 Å². The first-order chi connectivity index (χ1) is 17.4. The quantitative estimate of drug-likeness (QED) is 0.446. The number of tetrazole rings is 1. The van der Waals surface area contributed by atoms with Gasteiger partial charge in [-0.1, -0.05) is 11.6 Å². The molecule has 4 aromatic rings. The zero-order valence-electron chi connectivity index (χ0n) is 18.7. The molecule has 1 radical (unpaired) electrons. The molecule has 3 aromatic heterocycles. The van der Waals surface area contributed by atoms with Crippen LogP contribution in [-0.2, 0) is 4.79 Å². The average Bonchev–Trinajstić information content (AvgIpc) is 3.63. The second kappa shape index (κ2) is 8.59. The number of nitrogens with zero attached hydrogens (tertiary/aromatic N) is 7. The lowest BCUT2D eigenvalue weighted by atomic mass is 9.92. The molecule has 2 atom stereocenters. The molecule has 0 spiro atoms. The van der Waals surface area contributed by atoms with Crippen molar-refractivity contribution in [1.29, 1.82) is 0 Å². The van der Waals surface area contributed by atoms with Crippen LogP contribution in [0.3, 0.4) is 0 Å². The number of carbonyl (C=O) groups is 1. The second-order valence-electron chi connectivity index (χ2n) is 8.68. The fourth-order valence-electron chi connectivity index (χ4n) is 5.04. The summed E-state index contributed by atoms with van der Waals surface area (Å²) < 4.78 is 31.1. The molecular formula is C24H18ClF2N8O. The van der Waals surface area contributed by atoms with E-state index in [1.54, 1.807) is 17.0 Å². The minimum Gasteiger partial charge on any atom is -0.340 e. The maximum Gasteiger partial charge on any atom is 0.247 e. The van der Waals surface area contributed by atoms with Crippen LogP contribution in [0.1, 0.15) is 42.4 Å². The topological polar surface area (TPSA) is 105 Å². The van der Waals surface area contributed by atoms with Gasteiger partial charge in [0.2, 0.25) is 5.91 Å². The number of H-pyrrole nitrogens is 1. The van der Waals surface area contributed by atoms with Crippen molar-refractivity contribution < 1.29 is 13.6 Å². The molecule has 5 heterocycles. The highest BCUT2D eigenvalue weighted by atomic mass is 35.5. The van der Waals surface area contributed by atoms with E-state index in [0.717, 1.165) is 0 Å². The molecule has 0 aliphatic carbocycles. The van der Waals surface area contributed by atoms with Crippen LogP contribution in [0.15, 0.2) is 43.0 Å². The van der Waals surface area contributed by atoms with Gasteiger partial charge in [0.15, 0.2) is 11.6 Å². The molecule has 6 rings (SSSR count). The number of aromatic amines is 1. The number of imidazole rings is 1. The van der Waals surface area contributed by atoms with Gasteiger partial charge in [0, 0.05) is 29.4 Å². The molecule has 36 heavy (non-hydrogen) atoms. The number of carbonyl (C=O) groups excluding carboxylic acids is 1. The van der Waals surface area contributed by atoms with E-state index in [0.29, 0.717) is 47.6 Å². The molecule has 1 aromatic carbocycles. The third kappa shape index (κ3) is 3.58. The Hall–Kier alpha value is -3.99. The third-order valence-electron chi connectivity index (χ3n) is 6.66. The number of pyridine rings is 1. The van der Waals surface area contributed by atoms with Crippen LogP contribution in [0.4, 0.5) is 8.78 Å². The summed E-state index contributed by atoms with van der Waals surface area (Å²) in [6, 6.07) is 4.10. The molecule has 0 saturated carbocycles. The Balaban J connectivity index is 1.34. The molecule has 1 saturated heterocycles. The molecule has 1 N–H and O–H groups in total. The summed E-state index contributed by atoms with van der Waals surface area (Å²) in [5.41, 5.74) is 1.94. The summed E-state index contributed by atoms with van der Waals surface area (Å²) in [6.07, 6.45) is 7.57. The van der Waals surface area contributed by atoms with Crippen molar-refractivity contribution in [2.24, 2.45) is 0 Å². The number of amides is 1. The van der Waals surface area contributed by atoms with Gasteiger partial charge >= 0.3 is 0 Å². The van der Waals surface area contributed by atoms with Crippen LogP contribution in [0, 0.1) is 18.6 Å². The van der Waals surface area contributed by atoms with Gasteiger partial charge in [-0.3, -0.25) is 9.78 Å². The maximum absolute atomic E-state index is 15.2. The number of hydrogen-bond donors (Lipinski definition) is 1. The Labute approximate surface area is 208 Å². The monoisotopic (exact) mass is 507 g/mol. The van der Waals surface area contributed by atoms with E-state index >= 15 is 4.39 Å². The van der Waals surface area contributed by atoms with E-state index in [1.807, 2.05) is 0 Å². The Morgan fingerprint density at radius 2 is 2.00 bits per heavy atom. The standard InChI is InChI=1S/C24H18ClF2N8O/c1-12-22(26)15(6-7-28-12)17-10-29-24(31-17)19-4-2-14-8-13(9-20(36)35(14)19)21-18(34-11-30-32-33-34)5-3-16(25)23(21)27/h3,5-7,9-11,14,19H,1-2,4,8H2,(H,29,31)/t14-,19+/m1/s1. The Morgan fingerprint density at radius 1 is 1.14 bits per heavy atom. The molecular weight excluding hydrogens is 490 g/mol. The molecule has 0 unspecified atom stereocenters. The van der Waals surface area contributed by atoms with Crippen molar-refractivity contribution in [1.82, 2.24) is 40.1 Å². The van der Waals surface area contributed by atoms with Crippen LogP contribution < -0.4 is 0 Å². The first kappa shape index (κ1) is 22.5. The highest BCUT2D eigenvalue weighted by molar-refractivity contribution is 6.31. The van der Waals surface area contributed by atoms with Gasteiger partial charge in [-0.2, -0.15) is 4.68 Å². The zero-order chi connectivity index (χ0) is 25.0. The van der Waals surface area contributed by atoms with Crippen molar-refractivity contribution in [2.75, 3.05) is 0 Å². The van der Waals surface area contributed by atoms with Crippen molar-refractivity contribution in [3.8, 4) is 16.9 Å². The Bertz CT molecular complexity index is 1520. The van der Waals surface area contributed by atoms with Crippen molar-refractivity contribution >= 4 is 23.1 Å². The van der Waals surface area contributed by atoms with Gasteiger partial charge in [-0.25, -0.2) is 13.8 Å². The number of nitrogens with one attached hydrogen (secondary N) is 1. The fourth-order valence-corrected chi connectivity index (χ4v) is 5.20. The molecule has 181 valence electrons. The first-order valence-electron chi connectivity index (χ1n) is 11.2. The van der Waals surface area contributed by atoms with E-state index in [1.165, 1.54) is 35.5 Å². The van der Waals surface area contributed by atoms with Crippen LogP contribution in [0.2, 0.25) is 5.02 Å². The van der Waals surface area contributed by atoms with E-state index in [2.05, 4.69) is 37.4 Å². The van der Waals surface area contributed by atoms with Gasteiger partial charge in [-0.15, -0.1) is 5.10 Å². The summed E-state index contributed by atoms with van der Waals surface area (Å²) in [4.78, 5) is 26.5. The van der Waals surface area contributed by atoms with Crippen molar-refractivity contribution in [3.63, 3.8) is 0 Å². The van der Waals surface area contributed by atoms with Gasteiger partial charge < -0.3 is 9.88 Å².